The van der Waals surface area contributed by atoms with Crippen molar-refractivity contribution in [2.75, 3.05) is 6.61 Å². The number of aliphatic hydroxyl groups is 1. The van der Waals surface area contributed by atoms with Crippen molar-refractivity contribution in [2.45, 2.75) is 12.8 Å². The molecular weight excluding hydrogens is 148 g/mol. The maximum Gasteiger partial charge on any atom is 0.0468 e. The molecule has 1 aromatic rings. The van der Waals surface area contributed by atoms with Gasteiger partial charge < -0.3 is 5.11 Å². The van der Waals surface area contributed by atoms with E-state index in [0.29, 0.717) is 0 Å². The molecule has 0 saturated carbocycles. The van der Waals surface area contributed by atoms with E-state index in [1.807, 2.05) is 0 Å². The number of rotatable bonds is 2. The van der Waals surface area contributed by atoms with Gasteiger partial charge in [0, 0.05) is 6.61 Å². The van der Waals surface area contributed by atoms with Gasteiger partial charge in [-0.05, 0) is 24.0 Å². The number of benzene rings is 1. The van der Waals surface area contributed by atoms with Crippen LogP contribution < -0.4 is 0 Å². The summed E-state index contributed by atoms with van der Waals surface area (Å²) in [7, 11) is 0. The van der Waals surface area contributed by atoms with Crippen LogP contribution in [0.25, 0.3) is 6.08 Å². The number of aliphatic hydroxyl groups excluding tert-OH is 1. The van der Waals surface area contributed by atoms with E-state index in [-0.39, 0.29) is 6.61 Å². The highest BCUT2D eigenvalue weighted by Crippen LogP contribution is 2.25. The van der Waals surface area contributed by atoms with Crippen molar-refractivity contribution in [1.29, 1.82) is 0 Å². The molecule has 2 rings (SSSR count). The molecular formula is C11H12O. The molecule has 62 valence electrons. The molecule has 0 aliphatic heterocycles. The Morgan fingerprint density at radius 1 is 1.25 bits per heavy atom. The lowest BCUT2D eigenvalue weighted by Gasteiger charge is -1.97. The fraction of sp³-hybridized carbons (Fsp3) is 0.273. The van der Waals surface area contributed by atoms with E-state index in [2.05, 4.69) is 30.3 Å². The van der Waals surface area contributed by atoms with Crippen LogP contribution >= 0.6 is 0 Å². The molecule has 0 fully saturated rings. The van der Waals surface area contributed by atoms with Crippen LogP contribution in [0.4, 0.5) is 0 Å². The van der Waals surface area contributed by atoms with Gasteiger partial charge in [-0.1, -0.05) is 35.9 Å². The minimum atomic E-state index is 0.264. The van der Waals surface area contributed by atoms with E-state index in [4.69, 9.17) is 5.11 Å². The van der Waals surface area contributed by atoms with Gasteiger partial charge in [0.25, 0.3) is 0 Å². The molecule has 0 spiro atoms. The van der Waals surface area contributed by atoms with Crippen LogP contribution in [0.3, 0.4) is 0 Å². The Hall–Kier alpha value is -1.08. The van der Waals surface area contributed by atoms with E-state index in [9.17, 15) is 0 Å². The average molecular weight is 160 g/mol. The Balaban J connectivity index is 2.23. The molecule has 12 heavy (non-hydrogen) atoms. The molecule has 0 heterocycles. The van der Waals surface area contributed by atoms with Gasteiger partial charge in [-0.2, -0.15) is 0 Å². The van der Waals surface area contributed by atoms with Gasteiger partial charge in [-0.25, -0.2) is 0 Å². The first-order chi connectivity index (χ1) is 5.90. The first kappa shape index (κ1) is 7.56. The third-order valence-corrected chi connectivity index (χ3v) is 2.27. The van der Waals surface area contributed by atoms with Gasteiger partial charge in [0.15, 0.2) is 0 Å². The van der Waals surface area contributed by atoms with E-state index < -0.39 is 0 Å². The summed E-state index contributed by atoms with van der Waals surface area (Å²) >= 11 is 0. The van der Waals surface area contributed by atoms with Crippen LogP contribution in [0.15, 0.2) is 29.8 Å². The summed E-state index contributed by atoms with van der Waals surface area (Å²) in [6.07, 6.45) is 4.02. The molecule has 0 saturated heterocycles. The molecule has 0 atom stereocenters. The van der Waals surface area contributed by atoms with Gasteiger partial charge in [-0.15, -0.1) is 0 Å². The molecule has 1 heteroatoms. The number of hydrogen-bond donors (Lipinski definition) is 1. The molecule has 1 aromatic carbocycles. The minimum absolute atomic E-state index is 0.264. The van der Waals surface area contributed by atoms with Crippen molar-refractivity contribution in [1.82, 2.24) is 0 Å². The van der Waals surface area contributed by atoms with Crippen LogP contribution in [-0.2, 0) is 6.42 Å². The molecule has 0 radical (unpaired) electrons. The van der Waals surface area contributed by atoms with E-state index >= 15 is 0 Å². The van der Waals surface area contributed by atoms with E-state index in [1.54, 1.807) is 0 Å². The SMILES string of the molecule is OCCC1=Cc2ccccc2C1. The van der Waals surface area contributed by atoms with Crippen molar-refractivity contribution >= 4 is 6.08 Å². The zero-order valence-electron chi connectivity index (χ0n) is 6.96. The quantitative estimate of drug-likeness (QED) is 0.701. The zero-order chi connectivity index (χ0) is 8.39. The second kappa shape index (κ2) is 3.11. The Labute approximate surface area is 72.4 Å². The third-order valence-electron chi connectivity index (χ3n) is 2.27. The second-order valence-corrected chi connectivity index (χ2v) is 3.15. The smallest absolute Gasteiger partial charge is 0.0468 e. The molecule has 1 aliphatic rings. The lowest BCUT2D eigenvalue weighted by Crippen LogP contribution is -1.88. The summed E-state index contributed by atoms with van der Waals surface area (Å²) in [5, 5.41) is 8.76. The van der Waals surface area contributed by atoms with Crippen LogP contribution in [0, 0.1) is 0 Å². The first-order valence-electron chi connectivity index (χ1n) is 4.28. The Bertz CT molecular complexity index is 313. The maximum absolute atomic E-state index is 8.76. The van der Waals surface area contributed by atoms with Crippen molar-refractivity contribution in [2.24, 2.45) is 0 Å². The summed E-state index contributed by atoms with van der Waals surface area (Å²) in [4.78, 5) is 0. The van der Waals surface area contributed by atoms with Crippen molar-refractivity contribution in [3.8, 4) is 0 Å². The summed E-state index contributed by atoms with van der Waals surface area (Å²) in [6.45, 7) is 0.264. The minimum Gasteiger partial charge on any atom is -0.396 e. The molecule has 0 amide bonds. The van der Waals surface area contributed by atoms with Gasteiger partial charge in [0.2, 0.25) is 0 Å². The molecule has 0 unspecified atom stereocenters. The summed E-state index contributed by atoms with van der Waals surface area (Å²) < 4.78 is 0. The van der Waals surface area contributed by atoms with Crippen LogP contribution in [-0.4, -0.2) is 11.7 Å². The molecule has 0 bridgehead atoms. The van der Waals surface area contributed by atoms with Gasteiger partial charge in [0.1, 0.15) is 0 Å². The monoisotopic (exact) mass is 160 g/mol. The predicted octanol–water partition coefficient (Wildman–Crippen LogP) is 2.01. The van der Waals surface area contributed by atoms with Gasteiger partial charge in [-0.3, -0.25) is 0 Å². The Morgan fingerprint density at radius 2 is 2.08 bits per heavy atom. The Morgan fingerprint density at radius 3 is 2.83 bits per heavy atom. The predicted molar refractivity (Wildman–Crippen MR) is 49.8 cm³/mol. The average Bonchev–Trinajstić information content (AvgIpc) is 2.47. The highest BCUT2D eigenvalue weighted by atomic mass is 16.2. The van der Waals surface area contributed by atoms with E-state index in [1.165, 1.54) is 16.7 Å². The summed E-state index contributed by atoms with van der Waals surface area (Å²) in [5.41, 5.74) is 4.06. The molecule has 1 aliphatic carbocycles. The molecule has 1 N–H and O–H groups in total. The van der Waals surface area contributed by atoms with Crippen LogP contribution in [0.2, 0.25) is 0 Å². The fourth-order valence-corrected chi connectivity index (χ4v) is 1.66. The highest BCUT2D eigenvalue weighted by molar-refractivity contribution is 5.63. The van der Waals surface area contributed by atoms with Crippen LogP contribution in [0.1, 0.15) is 17.5 Å². The molecule has 1 nitrogen and oxygen atoms in total. The summed E-state index contributed by atoms with van der Waals surface area (Å²) in [6, 6.07) is 8.39. The lowest BCUT2D eigenvalue weighted by molar-refractivity contribution is 0.299. The normalized spacial score (nSPS) is 14.2. The van der Waals surface area contributed by atoms with Gasteiger partial charge in [0.05, 0.1) is 0 Å². The third kappa shape index (κ3) is 1.28. The van der Waals surface area contributed by atoms with Crippen molar-refractivity contribution in [3.63, 3.8) is 0 Å². The number of fused-ring (bicyclic) bond motifs is 1. The summed E-state index contributed by atoms with van der Waals surface area (Å²) in [5.74, 6) is 0. The number of hydrogen-bond acceptors (Lipinski definition) is 1. The zero-order valence-corrected chi connectivity index (χ0v) is 6.96. The van der Waals surface area contributed by atoms with Crippen molar-refractivity contribution in [3.05, 3.63) is 41.0 Å². The second-order valence-electron chi connectivity index (χ2n) is 3.15. The highest BCUT2D eigenvalue weighted by Gasteiger charge is 2.10. The standard InChI is InChI=1S/C11H12O/c12-6-5-9-7-10-3-1-2-4-11(10)8-9/h1-4,7,12H,5-6,8H2. The van der Waals surface area contributed by atoms with Crippen LogP contribution in [0.5, 0.6) is 0 Å². The van der Waals surface area contributed by atoms with Gasteiger partial charge >= 0.3 is 0 Å². The lowest BCUT2D eigenvalue weighted by atomic mass is 10.1. The molecule has 0 aromatic heterocycles. The van der Waals surface area contributed by atoms with E-state index in [0.717, 1.165) is 12.8 Å². The Kier molecular flexibility index (Phi) is 1.96. The fourth-order valence-electron chi connectivity index (χ4n) is 1.66. The topological polar surface area (TPSA) is 20.2 Å². The van der Waals surface area contributed by atoms with Crippen molar-refractivity contribution < 1.29 is 5.11 Å². The largest absolute Gasteiger partial charge is 0.396 e. The maximum atomic E-state index is 8.76. The first-order valence-corrected chi connectivity index (χ1v) is 4.28.